The highest BCUT2D eigenvalue weighted by Gasteiger charge is 2.14. The molecule has 1 aliphatic heterocycles. The molecule has 1 amide bonds. The largest absolute Gasteiger partial charge is 0.508 e. The van der Waals surface area contributed by atoms with E-state index in [0.29, 0.717) is 11.8 Å². The van der Waals surface area contributed by atoms with E-state index < -0.39 is 0 Å². The van der Waals surface area contributed by atoms with Crippen molar-refractivity contribution in [2.24, 2.45) is 0 Å². The first-order valence-corrected chi connectivity index (χ1v) is 9.19. The van der Waals surface area contributed by atoms with Crippen LogP contribution in [0.5, 0.6) is 5.75 Å². The number of halogens is 1. The monoisotopic (exact) mass is 376 g/mol. The maximum atomic E-state index is 11.5. The summed E-state index contributed by atoms with van der Waals surface area (Å²) < 4.78 is 0. The Kier molecular flexibility index (Phi) is 7.66. The molecule has 26 heavy (non-hydrogen) atoms. The van der Waals surface area contributed by atoms with Crippen LogP contribution in [0, 0.1) is 0 Å². The van der Waals surface area contributed by atoms with Crippen molar-refractivity contribution in [2.75, 3.05) is 24.5 Å². The van der Waals surface area contributed by atoms with Crippen LogP contribution in [0.1, 0.15) is 38.2 Å². The number of hydrogen-bond acceptors (Lipinski definition) is 5. The van der Waals surface area contributed by atoms with Gasteiger partial charge in [0.15, 0.2) is 0 Å². The van der Waals surface area contributed by atoms with Crippen LogP contribution in [0.15, 0.2) is 36.5 Å². The minimum Gasteiger partial charge on any atom is -0.508 e. The highest BCUT2D eigenvalue weighted by molar-refractivity contribution is 6.28. The number of carbonyl (C=O) groups is 1. The molecule has 1 aliphatic rings. The lowest BCUT2D eigenvalue weighted by atomic mass is 10.0. The second-order valence-electron chi connectivity index (χ2n) is 6.09. The quantitative estimate of drug-likeness (QED) is 0.800. The summed E-state index contributed by atoms with van der Waals surface area (Å²) in [5.41, 5.74) is 0.911. The summed E-state index contributed by atoms with van der Waals surface area (Å²) in [5, 5.41) is 12.2. The van der Waals surface area contributed by atoms with Gasteiger partial charge in [0, 0.05) is 25.8 Å². The van der Waals surface area contributed by atoms with Gasteiger partial charge in [0.05, 0.1) is 5.92 Å². The van der Waals surface area contributed by atoms with Crippen LogP contribution < -0.4 is 10.2 Å². The average molecular weight is 377 g/mol. The van der Waals surface area contributed by atoms with Crippen molar-refractivity contribution in [3.63, 3.8) is 0 Å². The molecule has 1 aromatic carbocycles. The molecule has 1 unspecified atom stereocenters. The molecule has 2 N–H and O–H groups in total. The lowest BCUT2D eigenvalue weighted by Crippen LogP contribution is -2.27. The first-order chi connectivity index (χ1) is 12.5. The van der Waals surface area contributed by atoms with Crippen molar-refractivity contribution in [1.82, 2.24) is 15.3 Å². The lowest BCUT2D eigenvalue weighted by Gasteiger charge is -2.15. The second kappa shape index (κ2) is 9.97. The van der Waals surface area contributed by atoms with Crippen LogP contribution in [0.4, 0.5) is 5.82 Å². The maximum absolute atomic E-state index is 11.5. The Labute approximate surface area is 159 Å². The van der Waals surface area contributed by atoms with Crippen LogP contribution >= 0.6 is 11.6 Å². The molecule has 2 heterocycles. The molecule has 0 saturated carbocycles. The van der Waals surface area contributed by atoms with E-state index in [1.165, 1.54) is 12.8 Å². The van der Waals surface area contributed by atoms with E-state index in [1.807, 2.05) is 19.9 Å². The Morgan fingerprint density at radius 1 is 1.27 bits per heavy atom. The molecule has 1 atom stereocenters. The molecule has 0 spiro atoms. The fraction of sp³-hybridized carbons (Fsp3) is 0.421. The molecule has 0 aliphatic carbocycles. The number of phenolic OH excluding ortho intramolecular Hbond substituents is 1. The van der Waals surface area contributed by atoms with Crippen molar-refractivity contribution < 1.29 is 9.90 Å². The summed E-state index contributed by atoms with van der Waals surface area (Å²) in [6.07, 6.45) is 4.20. The van der Waals surface area contributed by atoms with Crippen molar-refractivity contribution in [3.8, 4) is 5.75 Å². The van der Waals surface area contributed by atoms with E-state index in [9.17, 15) is 4.79 Å². The van der Waals surface area contributed by atoms with Gasteiger partial charge < -0.3 is 15.3 Å². The summed E-state index contributed by atoms with van der Waals surface area (Å²) in [4.78, 5) is 21.7. The maximum Gasteiger partial charge on any atom is 0.227 e. The smallest absolute Gasteiger partial charge is 0.227 e. The van der Waals surface area contributed by atoms with Gasteiger partial charge in [-0.2, -0.15) is 0 Å². The molecular formula is C19H25ClN4O2. The first-order valence-electron chi connectivity index (χ1n) is 8.81. The molecule has 7 heteroatoms. The Morgan fingerprint density at radius 3 is 2.50 bits per heavy atom. The Bertz CT molecular complexity index is 703. The number of amides is 1. The highest BCUT2D eigenvalue weighted by Crippen LogP contribution is 2.19. The third-order valence-electron chi connectivity index (χ3n) is 4.18. The van der Waals surface area contributed by atoms with Gasteiger partial charge in [0.25, 0.3) is 0 Å². The van der Waals surface area contributed by atoms with Crippen LogP contribution in [-0.2, 0) is 4.79 Å². The molecule has 1 aromatic heterocycles. The number of anilines is 1. The Hall–Kier alpha value is -2.34. The van der Waals surface area contributed by atoms with Crippen molar-refractivity contribution in [3.05, 3.63) is 47.4 Å². The number of carbonyl (C=O) groups excluding carboxylic acids is 1. The van der Waals surface area contributed by atoms with Crippen LogP contribution in [0.3, 0.4) is 0 Å². The van der Waals surface area contributed by atoms with Crippen LogP contribution in [-0.4, -0.2) is 40.6 Å². The van der Waals surface area contributed by atoms with Gasteiger partial charge in [0.1, 0.15) is 11.6 Å². The van der Waals surface area contributed by atoms with Gasteiger partial charge in [0.2, 0.25) is 11.2 Å². The third-order valence-corrected chi connectivity index (χ3v) is 4.36. The summed E-state index contributed by atoms with van der Waals surface area (Å²) in [6, 6.07) is 8.60. The summed E-state index contributed by atoms with van der Waals surface area (Å²) in [7, 11) is 0. The highest BCUT2D eigenvalue weighted by atomic mass is 35.5. The van der Waals surface area contributed by atoms with Gasteiger partial charge in [-0.25, -0.2) is 9.97 Å². The molecule has 0 radical (unpaired) electrons. The molecular weight excluding hydrogens is 352 g/mol. The Morgan fingerprint density at radius 2 is 1.92 bits per heavy atom. The predicted molar refractivity (Wildman–Crippen MR) is 104 cm³/mol. The van der Waals surface area contributed by atoms with E-state index in [0.717, 1.165) is 24.5 Å². The number of rotatable bonds is 4. The standard InChI is InChI=1S/C11H15NO2.C8H10ClN3/c1-3-12-11(14)8(2)9-4-6-10(13)7-5-9;9-8-10-4-3-7(11-8)12-5-1-2-6-12/h4-8,13H,3H2,1-2H3,(H,12,14);3-4H,1-2,5-6H2. The van der Waals surface area contributed by atoms with Crippen molar-refractivity contribution >= 4 is 23.3 Å². The van der Waals surface area contributed by atoms with E-state index >= 15 is 0 Å². The van der Waals surface area contributed by atoms with Crippen molar-refractivity contribution in [2.45, 2.75) is 32.6 Å². The average Bonchev–Trinajstić information content (AvgIpc) is 3.17. The first kappa shape index (κ1) is 20.0. The molecule has 6 nitrogen and oxygen atoms in total. The van der Waals surface area contributed by atoms with E-state index in [2.05, 4.69) is 20.2 Å². The number of phenols is 1. The summed E-state index contributed by atoms with van der Waals surface area (Å²) in [6.45, 7) is 6.56. The number of likely N-dealkylation sites (N-methyl/N-ethyl adjacent to an activating group) is 1. The number of aromatic hydroxyl groups is 1. The molecule has 3 rings (SSSR count). The number of nitrogens with zero attached hydrogens (tertiary/aromatic N) is 3. The Balaban J connectivity index is 0.000000189. The zero-order valence-electron chi connectivity index (χ0n) is 15.2. The minimum atomic E-state index is -0.171. The number of hydrogen-bond donors (Lipinski definition) is 2. The molecule has 140 valence electrons. The molecule has 1 fully saturated rings. The minimum absolute atomic E-state index is 0.0122. The number of aromatic nitrogens is 2. The van der Waals surface area contributed by atoms with E-state index in [4.69, 9.17) is 16.7 Å². The van der Waals surface area contributed by atoms with Crippen molar-refractivity contribution in [1.29, 1.82) is 0 Å². The van der Waals surface area contributed by atoms with Gasteiger partial charge >= 0.3 is 0 Å². The normalized spacial score (nSPS) is 14.3. The number of benzene rings is 1. The summed E-state index contributed by atoms with van der Waals surface area (Å²) in [5.74, 6) is 1.01. The zero-order chi connectivity index (χ0) is 18.9. The fourth-order valence-corrected chi connectivity index (χ4v) is 2.83. The third kappa shape index (κ3) is 5.88. The predicted octanol–water partition coefficient (Wildman–Crippen LogP) is 3.36. The van der Waals surface area contributed by atoms with Gasteiger partial charge in [-0.15, -0.1) is 0 Å². The second-order valence-corrected chi connectivity index (χ2v) is 6.42. The number of nitrogens with one attached hydrogen (secondary N) is 1. The van der Waals surface area contributed by atoms with E-state index in [-0.39, 0.29) is 17.6 Å². The topological polar surface area (TPSA) is 78.3 Å². The van der Waals surface area contributed by atoms with E-state index in [1.54, 1.807) is 30.5 Å². The fourth-order valence-electron chi connectivity index (χ4n) is 2.69. The lowest BCUT2D eigenvalue weighted by molar-refractivity contribution is -0.122. The van der Waals surface area contributed by atoms with Gasteiger partial charge in [-0.1, -0.05) is 12.1 Å². The molecule has 1 saturated heterocycles. The molecule has 0 bridgehead atoms. The van der Waals surface area contributed by atoms with Crippen LogP contribution in [0.25, 0.3) is 0 Å². The van der Waals surface area contributed by atoms with Gasteiger partial charge in [-0.3, -0.25) is 4.79 Å². The summed E-state index contributed by atoms with van der Waals surface area (Å²) >= 11 is 5.67. The zero-order valence-corrected chi connectivity index (χ0v) is 15.9. The SMILES string of the molecule is CCNC(=O)C(C)c1ccc(O)cc1.Clc1nccc(N2CCCC2)n1. The van der Waals surface area contributed by atoms with Gasteiger partial charge in [-0.05, 0) is 62.1 Å². The van der Waals surface area contributed by atoms with Crippen LogP contribution in [0.2, 0.25) is 5.28 Å². The molecule has 2 aromatic rings.